The molecular formula is C25H37NO3Si. The Morgan fingerprint density at radius 2 is 1.97 bits per heavy atom. The highest BCUT2D eigenvalue weighted by Gasteiger charge is 2.46. The first-order chi connectivity index (χ1) is 14.1. The van der Waals surface area contributed by atoms with Crippen molar-refractivity contribution in [1.29, 1.82) is 0 Å². The van der Waals surface area contributed by atoms with Gasteiger partial charge in [0.1, 0.15) is 6.61 Å². The van der Waals surface area contributed by atoms with Crippen molar-refractivity contribution in [1.82, 2.24) is 4.90 Å². The number of carbonyl (C=O) groups is 1. The van der Waals surface area contributed by atoms with Crippen LogP contribution in [0.2, 0.25) is 18.1 Å². The van der Waals surface area contributed by atoms with Crippen molar-refractivity contribution in [2.75, 3.05) is 6.54 Å². The largest absolute Gasteiger partial charge is 0.445 e. The molecule has 5 heteroatoms. The predicted octanol–water partition coefficient (Wildman–Crippen LogP) is 6.17. The van der Waals surface area contributed by atoms with Gasteiger partial charge in [-0.15, -0.1) is 6.58 Å². The highest BCUT2D eigenvalue weighted by molar-refractivity contribution is 6.74. The molecule has 1 aliphatic carbocycles. The second-order valence-corrected chi connectivity index (χ2v) is 14.9. The third-order valence-corrected chi connectivity index (χ3v) is 11.5. The lowest BCUT2D eigenvalue weighted by molar-refractivity contribution is 0.00429. The Morgan fingerprint density at radius 3 is 2.60 bits per heavy atom. The third kappa shape index (κ3) is 5.06. The fourth-order valence-electron chi connectivity index (χ4n) is 4.17. The van der Waals surface area contributed by atoms with E-state index >= 15 is 0 Å². The number of hydrogen-bond donors (Lipinski definition) is 0. The number of piperidine rings is 1. The number of amides is 1. The molecular weight excluding hydrogens is 390 g/mol. The third-order valence-electron chi connectivity index (χ3n) is 7.01. The van der Waals surface area contributed by atoms with Crippen LogP contribution in [0, 0.1) is 11.8 Å². The summed E-state index contributed by atoms with van der Waals surface area (Å²) in [6.45, 7) is 16.4. The standard InChI is InChI=1S/C25H37NO3Si/c1-7-19-16-21-22(14-11-15-23(21)29-30(5,6)25(2,3)4)26(17-19)24(27)28-18-20-12-9-8-10-13-20/h7-14,19,21-23H,1,15-18H2,2-6H3/t19-,21+,22+,23+/m1/s1. The van der Waals surface area contributed by atoms with E-state index in [1.54, 1.807) is 0 Å². The summed E-state index contributed by atoms with van der Waals surface area (Å²) >= 11 is 0. The van der Waals surface area contributed by atoms with Gasteiger partial charge >= 0.3 is 6.09 Å². The highest BCUT2D eigenvalue weighted by atomic mass is 28.4. The van der Waals surface area contributed by atoms with Gasteiger partial charge < -0.3 is 14.1 Å². The van der Waals surface area contributed by atoms with Crippen LogP contribution in [0.5, 0.6) is 0 Å². The molecule has 2 aliphatic rings. The van der Waals surface area contributed by atoms with Crippen molar-refractivity contribution in [3.05, 3.63) is 60.7 Å². The molecule has 3 rings (SSSR count). The van der Waals surface area contributed by atoms with E-state index in [9.17, 15) is 4.79 Å². The molecule has 1 aromatic carbocycles. The molecule has 0 spiro atoms. The molecule has 30 heavy (non-hydrogen) atoms. The molecule has 1 aliphatic heterocycles. The van der Waals surface area contributed by atoms with E-state index in [0.29, 0.717) is 13.2 Å². The molecule has 4 atom stereocenters. The van der Waals surface area contributed by atoms with Crippen molar-refractivity contribution in [3.8, 4) is 0 Å². The molecule has 0 radical (unpaired) electrons. The Bertz CT molecular complexity index is 768. The van der Waals surface area contributed by atoms with Crippen LogP contribution in [0.3, 0.4) is 0 Å². The molecule has 1 aromatic rings. The summed E-state index contributed by atoms with van der Waals surface area (Å²) in [5.74, 6) is 0.526. The fraction of sp³-hybridized carbons (Fsp3) is 0.560. The van der Waals surface area contributed by atoms with E-state index in [2.05, 4.69) is 52.6 Å². The number of hydrogen-bond acceptors (Lipinski definition) is 3. The van der Waals surface area contributed by atoms with E-state index in [0.717, 1.165) is 18.4 Å². The summed E-state index contributed by atoms with van der Waals surface area (Å²) in [5.41, 5.74) is 0.998. The minimum atomic E-state index is -1.90. The molecule has 1 amide bonds. The zero-order chi connectivity index (χ0) is 21.9. The van der Waals surface area contributed by atoms with Gasteiger partial charge in [0.25, 0.3) is 0 Å². The Labute approximate surface area is 183 Å². The Morgan fingerprint density at radius 1 is 1.27 bits per heavy atom. The number of benzene rings is 1. The number of nitrogens with zero attached hydrogens (tertiary/aromatic N) is 1. The smallest absolute Gasteiger partial charge is 0.410 e. The van der Waals surface area contributed by atoms with E-state index in [1.165, 1.54) is 0 Å². The second-order valence-electron chi connectivity index (χ2n) is 10.2. The van der Waals surface area contributed by atoms with Gasteiger partial charge in [0, 0.05) is 12.5 Å². The van der Waals surface area contributed by atoms with Crippen LogP contribution in [0.4, 0.5) is 4.79 Å². The number of fused-ring (bicyclic) bond motifs is 1. The van der Waals surface area contributed by atoms with E-state index in [4.69, 9.17) is 9.16 Å². The van der Waals surface area contributed by atoms with Crippen LogP contribution in [-0.2, 0) is 15.8 Å². The highest BCUT2D eigenvalue weighted by Crippen LogP contribution is 2.42. The molecule has 1 saturated heterocycles. The molecule has 0 aromatic heterocycles. The van der Waals surface area contributed by atoms with Crippen LogP contribution in [0.1, 0.15) is 39.2 Å². The first-order valence-electron chi connectivity index (χ1n) is 11.1. The van der Waals surface area contributed by atoms with Crippen LogP contribution in [0.15, 0.2) is 55.1 Å². The molecule has 0 unspecified atom stereocenters. The Hall–Kier alpha value is -1.85. The quantitative estimate of drug-likeness (QED) is 0.417. The predicted molar refractivity (Wildman–Crippen MR) is 125 cm³/mol. The zero-order valence-corrected chi connectivity index (χ0v) is 20.1. The van der Waals surface area contributed by atoms with Gasteiger partial charge in [0.15, 0.2) is 8.32 Å². The number of rotatable bonds is 5. The first-order valence-corrected chi connectivity index (χ1v) is 14.0. The molecule has 164 valence electrons. The van der Waals surface area contributed by atoms with Gasteiger partial charge in [-0.2, -0.15) is 0 Å². The summed E-state index contributed by atoms with van der Waals surface area (Å²) in [4.78, 5) is 14.9. The van der Waals surface area contributed by atoms with E-state index in [-0.39, 0.29) is 35.1 Å². The van der Waals surface area contributed by atoms with Crippen molar-refractivity contribution in [2.24, 2.45) is 11.8 Å². The average Bonchev–Trinajstić information content (AvgIpc) is 2.71. The summed E-state index contributed by atoms with van der Waals surface area (Å²) in [5, 5.41) is 0.157. The number of likely N-dealkylation sites (tertiary alicyclic amines) is 1. The number of ether oxygens (including phenoxy) is 1. The lowest BCUT2D eigenvalue weighted by Crippen LogP contribution is -2.57. The molecule has 1 heterocycles. The van der Waals surface area contributed by atoms with Gasteiger partial charge in [-0.3, -0.25) is 0 Å². The lowest BCUT2D eigenvalue weighted by atomic mass is 9.76. The topological polar surface area (TPSA) is 38.8 Å². The Balaban J connectivity index is 1.76. The summed E-state index contributed by atoms with van der Waals surface area (Å²) in [6, 6.07) is 9.85. The van der Waals surface area contributed by atoms with Crippen LogP contribution in [0.25, 0.3) is 0 Å². The molecule has 1 fully saturated rings. The summed E-state index contributed by atoms with van der Waals surface area (Å²) in [7, 11) is -1.90. The zero-order valence-electron chi connectivity index (χ0n) is 19.1. The molecule has 0 bridgehead atoms. The van der Waals surface area contributed by atoms with Crippen LogP contribution >= 0.6 is 0 Å². The first kappa shape index (κ1) is 22.8. The van der Waals surface area contributed by atoms with E-state index in [1.807, 2.05) is 41.3 Å². The van der Waals surface area contributed by atoms with Crippen molar-refractivity contribution >= 4 is 14.4 Å². The van der Waals surface area contributed by atoms with Gasteiger partial charge in [-0.05, 0) is 42.5 Å². The Kier molecular flexibility index (Phi) is 6.93. The maximum absolute atomic E-state index is 13.0. The summed E-state index contributed by atoms with van der Waals surface area (Å²) < 4.78 is 12.5. The molecule has 0 N–H and O–H groups in total. The molecule has 4 nitrogen and oxygen atoms in total. The minimum Gasteiger partial charge on any atom is -0.445 e. The summed E-state index contributed by atoms with van der Waals surface area (Å²) in [6.07, 6.45) is 8.13. The van der Waals surface area contributed by atoms with Crippen molar-refractivity contribution in [2.45, 2.75) is 70.5 Å². The van der Waals surface area contributed by atoms with Crippen molar-refractivity contribution < 1.29 is 14.0 Å². The SMILES string of the molecule is C=C[C@@H]1C[C@@H]2[C@@H](O[Si](C)(C)C(C)(C)C)CC=C[C@@H]2N(C(=O)OCc2ccccc2)C1. The van der Waals surface area contributed by atoms with Crippen LogP contribution in [-0.4, -0.2) is 38.0 Å². The van der Waals surface area contributed by atoms with Gasteiger partial charge in [-0.25, -0.2) is 4.79 Å². The monoisotopic (exact) mass is 427 g/mol. The van der Waals surface area contributed by atoms with Gasteiger partial charge in [0.05, 0.1) is 12.1 Å². The normalized spacial score (nSPS) is 26.8. The van der Waals surface area contributed by atoms with E-state index < -0.39 is 8.32 Å². The average molecular weight is 428 g/mol. The maximum atomic E-state index is 13.0. The minimum absolute atomic E-state index is 0.0213. The van der Waals surface area contributed by atoms with Gasteiger partial charge in [-0.1, -0.05) is 69.3 Å². The molecule has 0 saturated carbocycles. The fourth-order valence-corrected chi connectivity index (χ4v) is 5.56. The van der Waals surface area contributed by atoms with Crippen molar-refractivity contribution in [3.63, 3.8) is 0 Å². The van der Waals surface area contributed by atoms with Gasteiger partial charge in [0.2, 0.25) is 0 Å². The lowest BCUT2D eigenvalue weighted by Gasteiger charge is -2.49. The maximum Gasteiger partial charge on any atom is 0.410 e. The second kappa shape index (κ2) is 9.11. The van der Waals surface area contributed by atoms with Crippen LogP contribution < -0.4 is 0 Å². The number of carbonyl (C=O) groups excluding carboxylic acids is 1.